The van der Waals surface area contributed by atoms with E-state index in [0.717, 1.165) is 11.1 Å². The van der Waals surface area contributed by atoms with E-state index in [0.29, 0.717) is 12.3 Å². The van der Waals surface area contributed by atoms with Crippen molar-refractivity contribution in [3.8, 4) is 5.75 Å². The van der Waals surface area contributed by atoms with Crippen molar-refractivity contribution in [3.05, 3.63) is 65.2 Å². The number of para-hydroxylation sites is 1. The molecule has 18 heavy (non-hydrogen) atoms. The van der Waals surface area contributed by atoms with Gasteiger partial charge in [0, 0.05) is 18.2 Å². The largest absolute Gasteiger partial charge is 0.507 e. The number of rotatable bonds is 4. The molecule has 0 fully saturated rings. The Morgan fingerprint density at radius 2 is 1.78 bits per heavy atom. The molecule has 2 aromatic rings. The fraction of sp³-hybridized carbons (Fsp3) is 0.250. The van der Waals surface area contributed by atoms with E-state index >= 15 is 0 Å². The molecule has 1 atom stereocenters. The Balaban J connectivity index is 2.02. The molecule has 0 heterocycles. The van der Waals surface area contributed by atoms with Gasteiger partial charge in [-0.25, -0.2) is 0 Å². The first kappa shape index (κ1) is 12.7. The zero-order valence-electron chi connectivity index (χ0n) is 10.9. The third-order valence-electron chi connectivity index (χ3n) is 3.22. The standard InChI is InChI=1S/C16H19NO/c1-12-7-6-10-15(16(12)18)11-17-13(2)14-8-4-3-5-9-14/h3-10,13,17-18H,11H2,1-2H3/t13-/m0/s1. The summed E-state index contributed by atoms with van der Waals surface area (Å²) in [5.74, 6) is 0.394. The van der Waals surface area contributed by atoms with E-state index in [1.807, 2.05) is 43.3 Å². The molecule has 0 unspecified atom stereocenters. The molecule has 0 aliphatic rings. The maximum absolute atomic E-state index is 9.94. The van der Waals surface area contributed by atoms with Crippen LogP contribution in [0.1, 0.15) is 29.7 Å². The monoisotopic (exact) mass is 241 g/mol. The summed E-state index contributed by atoms with van der Waals surface area (Å²) in [5, 5.41) is 13.4. The number of aromatic hydroxyl groups is 1. The Kier molecular flexibility index (Phi) is 4.00. The zero-order chi connectivity index (χ0) is 13.0. The maximum Gasteiger partial charge on any atom is 0.122 e. The van der Waals surface area contributed by atoms with Gasteiger partial charge in [-0.3, -0.25) is 0 Å². The van der Waals surface area contributed by atoms with Crippen LogP contribution in [0, 0.1) is 6.92 Å². The van der Waals surface area contributed by atoms with Crippen LogP contribution in [0.5, 0.6) is 5.75 Å². The van der Waals surface area contributed by atoms with Crippen molar-refractivity contribution in [2.24, 2.45) is 0 Å². The fourth-order valence-corrected chi connectivity index (χ4v) is 1.98. The molecule has 2 N–H and O–H groups in total. The zero-order valence-corrected chi connectivity index (χ0v) is 10.9. The molecular formula is C16H19NO. The molecule has 2 rings (SSSR count). The number of hydrogen-bond acceptors (Lipinski definition) is 2. The highest BCUT2D eigenvalue weighted by Crippen LogP contribution is 2.22. The molecule has 0 radical (unpaired) electrons. The second kappa shape index (κ2) is 5.69. The normalized spacial score (nSPS) is 12.3. The Labute approximate surface area is 108 Å². The summed E-state index contributed by atoms with van der Waals surface area (Å²) >= 11 is 0. The molecule has 0 bridgehead atoms. The Hall–Kier alpha value is -1.80. The molecule has 0 saturated carbocycles. The predicted octanol–water partition coefficient (Wildman–Crippen LogP) is 3.55. The van der Waals surface area contributed by atoms with Gasteiger partial charge in [0.15, 0.2) is 0 Å². The number of hydrogen-bond donors (Lipinski definition) is 2. The minimum Gasteiger partial charge on any atom is -0.507 e. The van der Waals surface area contributed by atoms with E-state index < -0.39 is 0 Å². The van der Waals surface area contributed by atoms with Gasteiger partial charge in [-0.05, 0) is 25.0 Å². The Bertz CT molecular complexity index is 508. The lowest BCUT2D eigenvalue weighted by atomic mass is 10.1. The number of aryl methyl sites for hydroxylation is 1. The van der Waals surface area contributed by atoms with Crippen molar-refractivity contribution in [1.29, 1.82) is 0 Å². The number of benzene rings is 2. The minimum absolute atomic E-state index is 0.270. The quantitative estimate of drug-likeness (QED) is 0.858. The predicted molar refractivity (Wildman–Crippen MR) is 74.5 cm³/mol. The van der Waals surface area contributed by atoms with Gasteiger partial charge in [-0.2, -0.15) is 0 Å². The first-order valence-corrected chi connectivity index (χ1v) is 6.24. The van der Waals surface area contributed by atoms with Crippen molar-refractivity contribution in [2.45, 2.75) is 26.4 Å². The number of nitrogens with one attached hydrogen (secondary N) is 1. The van der Waals surface area contributed by atoms with Crippen LogP contribution >= 0.6 is 0 Å². The molecule has 2 heteroatoms. The van der Waals surface area contributed by atoms with Gasteiger partial charge in [-0.15, -0.1) is 0 Å². The third kappa shape index (κ3) is 2.90. The lowest BCUT2D eigenvalue weighted by molar-refractivity contribution is 0.456. The SMILES string of the molecule is Cc1cccc(CN[C@@H](C)c2ccccc2)c1O. The molecule has 94 valence electrons. The second-order valence-corrected chi connectivity index (χ2v) is 4.60. The van der Waals surface area contributed by atoms with Crippen LogP contribution in [-0.4, -0.2) is 5.11 Å². The van der Waals surface area contributed by atoms with Crippen molar-refractivity contribution < 1.29 is 5.11 Å². The molecule has 0 aliphatic carbocycles. The van der Waals surface area contributed by atoms with Crippen molar-refractivity contribution in [1.82, 2.24) is 5.32 Å². The first-order valence-electron chi connectivity index (χ1n) is 6.24. The first-order chi connectivity index (χ1) is 8.68. The summed E-state index contributed by atoms with van der Waals surface area (Å²) in [4.78, 5) is 0. The Morgan fingerprint density at radius 3 is 2.50 bits per heavy atom. The van der Waals surface area contributed by atoms with E-state index in [1.54, 1.807) is 0 Å². The van der Waals surface area contributed by atoms with E-state index in [2.05, 4.69) is 24.4 Å². The summed E-state index contributed by atoms with van der Waals surface area (Å²) < 4.78 is 0. The van der Waals surface area contributed by atoms with E-state index in [1.165, 1.54) is 5.56 Å². The minimum atomic E-state index is 0.270. The van der Waals surface area contributed by atoms with Gasteiger partial charge >= 0.3 is 0 Å². The van der Waals surface area contributed by atoms with Gasteiger partial charge in [0.25, 0.3) is 0 Å². The highest BCUT2D eigenvalue weighted by Gasteiger charge is 2.07. The van der Waals surface area contributed by atoms with Crippen LogP contribution < -0.4 is 5.32 Å². The van der Waals surface area contributed by atoms with E-state index in [9.17, 15) is 5.11 Å². The van der Waals surface area contributed by atoms with Crippen LogP contribution in [0.4, 0.5) is 0 Å². The summed E-state index contributed by atoms with van der Waals surface area (Å²) in [5.41, 5.74) is 3.11. The highest BCUT2D eigenvalue weighted by molar-refractivity contribution is 5.39. The maximum atomic E-state index is 9.94. The van der Waals surface area contributed by atoms with Crippen LogP contribution in [0.15, 0.2) is 48.5 Å². The molecule has 0 spiro atoms. The van der Waals surface area contributed by atoms with Crippen LogP contribution in [0.3, 0.4) is 0 Å². The Morgan fingerprint density at radius 1 is 1.06 bits per heavy atom. The number of phenols is 1. The molecule has 0 amide bonds. The topological polar surface area (TPSA) is 32.3 Å². The van der Waals surface area contributed by atoms with Gasteiger partial charge in [0.2, 0.25) is 0 Å². The number of phenolic OH excluding ortho intramolecular Hbond substituents is 1. The second-order valence-electron chi connectivity index (χ2n) is 4.60. The summed E-state index contributed by atoms with van der Waals surface area (Å²) in [6.07, 6.45) is 0. The lowest BCUT2D eigenvalue weighted by Crippen LogP contribution is -2.18. The van der Waals surface area contributed by atoms with Gasteiger partial charge in [0.05, 0.1) is 0 Å². The van der Waals surface area contributed by atoms with Crippen LogP contribution in [0.2, 0.25) is 0 Å². The molecule has 0 aliphatic heterocycles. The summed E-state index contributed by atoms with van der Waals surface area (Å²) in [6.45, 7) is 4.71. The summed E-state index contributed by atoms with van der Waals surface area (Å²) in [6, 6.07) is 16.4. The van der Waals surface area contributed by atoms with Gasteiger partial charge in [0.1, 0.15) is 5.75 Å². The van der Waals surface area contributed by atoms with Crippen LogP contribution in [-0.2, 0) is 6.54 Å². The third-order valence-corrected chi connectivity index (χ3v) is 3.22. The fourth-order valence-electron chi connectivity index (χ4n) is 1.98. The smallest absolute Gasteiger partial charge is 0.122 e. The average molecular weight is 241 g/mol. The van der Waals surface area contributed by atoms with Crippen molar-refractivity contribution in [2.75, 3.05) is 0 Å². The van der Waals surface area contributed by atoms with Crippen molar-refractivity contribution in [3.63, 3.8) is 0 Å². The van der Waals surface area contributed by atoms with E-state index in [4.69, 9.17) is 0 Å². The summed E-state index contributed by atoms with van der Waals surface area (Å²) in [7, 11) is 0. The molecule has 0 saturated heterocycles. The van der Waals surface area contributed by atoms with Crippen LogP contribution in [0.25, 0.3) is 0 Å². The highest BCUT2D eigenvalue weighted by atomic mass is 16.3. The van der Waals surface area contributed by atoms with Gasteiger partial charge in [-0.1, -0.05) is 48.5 Å². The average Bonchev–Trinajstić information content (AvgIpc) is 2.41. The molecule has 0 aromatic heterocycles. The van der Waals surface area contributed by atoms with Crippen molar-refractivity contribution >= 4 is 0 Å². The van der Waals surface area contributed by atoms with Gasteiger partial charge < -0.3 is 10.4 Å². The molecule has 2 nitrogen and oxygen atoms in total. The molecule has 2 aromatic carbocycles. The van der Waals surface area contributed by atoms with E-state index in [-0.39, 0.29) is 6.04 Å². The molecular weight excluding hydrogens is 222 g/mol. The lowest BCUT2D eigenvalue weighted by Gasteiger charge is -2.15.